The van der Waals surface area contributed by atoms with Crippen molar-refractivity contribution >= 4 is 5.91 Å². The van der Waals surface area contributed by atoms with Gasteiger partial charge in [0.15, 0.2) is 11.5 Å². The number of nitrogens with zero attached hydrogens (tertiary/aromatic N) is 2. The average molecular weight is 420 g/mol. The van der Waals surface area contributed by atoms with Crippen molar-refractivity contribution in [2.24, 2.45) is 5.92 Å². The molecule has 1 saturated heterocycles. The number of fused-ring (bicyclic) bond motifs is 1. The van der Waals surface area contributed by atoms with Gasteiger partial charge in [-0.25, -0.2) is 0 Å². The maximum Gasteiger partial charge on any atom is 0.251 e. The molecule has 0 spiro atoms. The SMILES string of the molecule is COc1ccc([C@]23CC[C@H](NC(=O)c4ccc(C#N)cc4)C[C@@H]2CN(C)C3)cc1OC. The molecule has 2 aliphatic rings. The van der Waals surface area contributed by atoms with Crippen LogP contribution in [0, 0.1) is 17.2 Å². The molecule has 162 valence electrons. The van der Waals surface area contributed by atoms with Gasteiger partial charge in [-0.1, -0.05) is 6.07 Å². The summed E-state index contributed by atoms with van der Waals surface area (Å²) in [5.41, 5.74) is 2.50. The van der Waals surface area contributed by atoms with Crippen LogP contribution in [0.25, 0.3) is 0 Å². The third-order valence-corrected chi connectivity index (χ3v) is 6.94. The van der Waals surface area contributed by atoms with E-state index in [0.29, 0.717) is 17.0 Å². The molecule has 6 heteroatoms. The number of carbonyl (C=O) groups excluding carboxylic acids is 1. The fraction of sp³-hybridized carbons (Fsp3) is 0.440. The first-order chi connectivity index (χ1) is 15.0. The number of likely N-dealkylation sites (tertiary alicyclic amines) is 1. The van der Waals surface area contributed by atoms with E-state index in [1.54, 1.807) is 38.5 Å². The highest BCUT2D eigenvalue weighted by atomic mass is 16.5. The summed E-state index contributed by atoms with van der Waals surface area (Å²) >= 11 is 0. The standard InChI is InChI=1S/C25H29N3O3/c1-28-15-20-12-21(27-24(29)18-6-4-17(14-26)5-7-18)10-11-25(20,16-28)19-8-9-22(30-2)23(13-19)31-3/h4-9,13,20-21H,10-12,15-16H2,1-3H3,(H,27,29)/t20-,21+,25-/m1/s1. The lowest BCUT2D eigenvalue weighted by molar-refractivity contribution is 0.0904. The van der Waals surface area contributed by atoms with Gasteiger partial charge in [-0.2, -0.15) is 5.26 Å². The minimum absolute atomic E-state index is 0.0595. The molecule has 0 unspecified atom stereocenters. The molecule has 6 nitrogen and oxygen atoms in total. The second kappa shape index (κ2) is 8.60. The van der Waals surface area contributed by atoms with Crippen LogP contribution in [0.2, 0.25) is 0 Å². The third kappa shape index (κ3) is 3.98. The first-order valence-electron chi connectivity index (χ1n) is 10.7. The fourth-order valence-electron chi connectivity index (χ4n) is 5.42. The third-order valence-electron chi connectivity index (χ3n) is 6.94. The van der Waals surface area contributed by atoms with Crippen molar-refractivity contribution in [3.8, 4) is 17.6 Å². The molecule has 0 bridgehead atoms. The molecular weight excluding hydrogens is 390 g/mol. The molecule has 1 N–H and O–H groups in total. The summed E-state index contributed by atoms with van der Waals surface area (Å²) in [4.78, 5) is 15.1. The number of benzene rings is 2. The van der Waals surface area contributed by atoms with Gasteiger partial charge < -0.3 is 19.7 Å². The number of nitriles is 1. The van der Waals surface area contributed by atoms with E-state index in [2.05, 4.69) is 35.5 Å². The van der Waals surface area contributed by atoms with Crippen LogP contribution in [-0.2, 0) is 5.41 Å². The van der Waals surface area contributed by atoms with Gasteiger partial charge in [0, 0.05) is 30.1 Å². The topological polar surface area (TPSA) is 74.6 Å². The lowest BCUT2D eigenvalue weighted by Gasteiger charge is -2.43. The van der Waals surface area contributed by atoms with Crippen LogP contribution in [0.4, 0.5) is 0 Å². The van der Waals surface area contributed by atoms with Crippen molar-refractivity contribution in [1.29, 1.82) is 5.26 Å². The van der Waals surface area contributed by atoms with Crippen molar-refractivity contribution in [3.05, 3.63) is 59.2 Å². The van der Waals surface area contributed by atoms with E-state index in [0.717, 1.165) is 43.9 Å². The Bertz CT molecular complexity index is 998. The number of carbonyl (C=O) groups is 1. The zero-order valence-electron chi connectivity index (χ0n) is 18.4. The number of hydrogen-bond acceptors (Lipinski definition) is 5. The van der Waals surface area contributed by atoms with Crippen LogP contribution in [0.1, 0.15) is 40.7 Å². The number of ether oxygens (including phenoxy) is 2. The highest BCUT2D eigenvalue weighted by molar-refractivity contribution is 5.94. The van der Waals surface area contributed by atoms with E-state index in [1.165, 1.54) is 5.56 Å². The number of nitrogens with one attached hydrogen (secondary N) is 1. The zero-order chi connectivity index (χ0) is 22.0. The molecule has 1 amide bonds. The van der Waals surface area contributed by atoms with E-state index in [-0.39, 0.29) is 17.4 Å². The summed E-state index contributed by atoms with van der Waals surface area (Å²) in [5.74, 6) is 1.89. The highest BCUT2D eigenvalue weighted by Crippen LogP contribution is 2.49. The molecule has 4 rings (SSSR count). The van der Waals surface area contributed by atoms with Crippen molar-refractivity contribution in [2.45, 2.75) is 30.7 Å². The second-order valence-corrected chi connectivity index (χ2v) is 8.75. The fourth-order valence-corrected chi connectivity index (χ4v) is 5.42. The quantitative estimate of drug-likeness (QED) is 0.804. The van der Waals surface area contributed by atoms with Gasteiger partial charge in [-0.3, -0.25) is 4.79 Å². The number of rotatable bonds is 5. The summed E-state index contributed by atoms with van der Waals surface area (Å²) in [5, 5.41) is 12.2. The Balaban J connectivity index is 1.52. The minimum atomic E-state index is -0.0699. The summed E-state index contributed by atoms with van der Waals surface area (Å²) in [6.45, 7) is 2.01. The molecule has 1 saturated carbocycles. The van der Waals surface area contributed by atoms with Gasteiger partial charge in [0.05, 0.1) is 25.9 Å². The Morgan fingerprint density at radius 3 is 2.58 bits per heavy atom. The van der Waals surface area contributed by atoms with Crippen LogP contribution in [0.3, 0.4) is 0 Å². The van der Waals surface area contributed by atoms with Crippen LogP contribution >= 0.6 is 0 Å². The molecule has 2 aromatic rings. The molecule has 1 heterocycles. The molecule has 1 aliphatic heterocycles. The molecule has 2 aromatic carbocycles. The maximum absolute atomic E-state index is 12.7. The van der Waals surface area contributed by atoms with Gasteiger partial charge in [-0.15, -0.1) is 0 Å². The van der Waals surface area contributed by atoms with Gasteiger partial charge in [0.25, 0.3) is 5.91 Å². The predicted octanol–water partition coefficient (Wildman–Crippen LogP) is 3.36. The first-order valence-corrected chi connectivity index (χ1v) is 10.7. The number of likely N-dealkylation sites (N-methyl/N-ethyl adjacent to an activating group) is 1. The molecule has 2 fully saturated rings. The van der Waals surface area contributed by atoms with E-state index in [4.69, 9.17) is 14.7 Å². The Hall–Kier alpha value is -3.04. The lowest BCUT2D eigenvalue weighted by Crippen LogP contribution is -2.47. The summed E-state index contributed by atoms with van der Waals surface area (Å²) in [6.07, 6.45) is 2.89. The van der Waals surface area contributed by atoms with Crippen molar-refractivity contribution < 1.29 is 14.3 Å². The van der Waals surface area contributed by atoms with Gasteiger partial charge in [-0.05, 0) is 74.2 Å². The minimum Gasteiger partial charge on any atom is -0.493 e. The summed E-state index contributed by atoms with van der Waals surface area (Å²) in [6, 6.07) is 15.3. The van der Waals surface area contributed by atoms with Gasteiger partial charge in [0.2, 0.25) is 0 Å². The van der Waals surface area contributed by atoms with Gasteiger partial charge >= 0.3 is 0 Å². The van der Waals surface area contributed by atoms with Crippen LogP contribution in [0.5, 0.6) is 11.5 Å². The first kappa shape index (κ1) is 21.2. The monoisotopic (exact) mass is 419 g/mol. The van der Waals surface area contributed by atoms with E-state index in [9.17, 15) is 4.79 Å². The number of hydrogen-bond donors (Lipinski definition) is 1. The van der Waals surface area contributed by atoms with Crippen molar-refractivity contribution in [3.63, 3.8) is 0 Å². The Labute approximate surface area is 183 Å². The molecule has 1 aliphatic carbocycles. The largest absolute Gasteiger partial charge is 0.493 e. The van der Waals surface area contributed by atoms with Crippen LogP contribution in [-0.4, -0.2) is 51.2 Å². The normalized spacial score (nSPS) is 25.4. The van der Waals surface area contributed by atoms with Gasteiger partial charge in [0.1, 0.15) is 0 Å². The molecule has 0 aromatic heterocycles. The highest BCUT2D eigenvalue weighted by Gasteiger charge is 2.50. The average Bonchev–Trinajstić information content (AvgIpc) is 3.14. The summed E-state index contributed by atoms with van der Waals surface area (Å²) in [7, 11) is 5.50. The lowest BCUT2D eigenvalue weighted by atomic mass is 9.63. The number of methoxy groups -OCH3 is 2. The second-order valence-electron chi connectivity index (χ2n) is 8.75. The molecular formula is C25H29N3O3. The van der Waals surface area contributed by atoms with E-state index in [1.807, 2.05) is 6.07 Å². The van der Waals surface area contributed by atoms with Crippen molar-refractivity contribution in [1.82, 2.24) is 10.2 Å². The Kier molecular flexibility index (Phi) is 5.88. The maximum atomic E-state index is 12.7. The number of amides is 1. The van der Waals surface area contributed by atoms with E-state index >= 15 is 0 Å². The molecule has 0 radical (unpaired) electrons. The molecule has 3 atom stereocenters. The van der Waals surface area contributed by atoms with Crippen LogP contribution in [0.15, 0.2) is 42.5 Å². The predicted molar refractivity (Wildman–Crippen MR) is 118 cm³/mol. The smallest absolute Gasteiger partial charge is 0.251 e. The Morgan fingerprint density at radius 1 is 1.16 bits per heavy atom. The zero-order valence-corrected chi connectivity index (χ0v) is 18.4. The molecule has 31 heavy (non-hydrogen) atoms. The van der Waals surface area contributed by atoms with Crippen LogP contribution < -0.4 is 14.8 Å². The summed E-state index contributed by atoms with van der Waals surface area (Å²) < 4.78 is 11.0. The van der Waals surface area contributed by atoms with Crippen molar-refractivity contribution in [2.75, 3.05) is 34.4 Å². The van der Waals surface area contributed by atoms with E-state index < -0.39 is 0 Å². The Morgan fingerprint density at radius 2 is 1.90 bits per heavy atom.